The molecule has 4 nitrogen and oxygen atoms in total. The molecule has 0 saturated carbocycles. The Bertz CT molecular complexity index is 399. The summed E-state index contributed by atoms with van der Waals surface area (Å²) in [6.45, 7) is 1.36. The average Bonchev–Trinajstić information content (AvgIpc) is 2.98. The number of methoxy groups -OCH3 is 1. The van der Waals surface area contributed by atoms with Gasteiger partial charge in [0.2, 0.25) is 6.79 Å². The lowest BCUT2D eigenvalue weighted by Crippen LogP contribution is -2.14. The first-order valence-corrected chi connectivity index (χ1v) is 5.60. The third kappa shape index (κ3) is 1.41. The van der Waals surface area contributed by atoms with Crippen LogP contribution in [0.3, 0.4) is 0 Å². The molecule has 16 heavy (non-hydrogen) atoms. The third-order valence-electron chi connectivity index (χ3n) is 3.17. The molecule has 1 atom stereocenters. The van der Waals surface area contributed by atoms with E-state index in [1.807, 2.05) is 12.1 Å². The van der Waals surface area contributed by atoms with Crippen molar-refractivity contribution in [3.05, 3.63) is 17.7 Å². The van der Waals surface area contributed by atoms with Gasteiger partial charge in [-0.05, 0) is 31.5 Å². The predicted octanol–water partition coefficient (Wildman–Crippen LogP) is 1.85. The Kier molecular flexibility index (Phi) is 2.36. The fourth-order valence-corrected chi connectivity index (χ4v) is 2.41. The number of benzene rings is 1. The Balaban J connectivity index is 2.08. The monoisotopic (exact) mass is 221 g/mol. The maximum absolute atomic E-state index is 5.54. The number of rotatable bonds is 2. The van der Waals surface area contributed by atoms with Crippen molar-refractivity contribution >= 4 is 0 Å². The Morgan fingerprint density at radius 3 is 3.06 bits per heavy atom. The van der Waals surface area contributed by atoms with Gasteiger partial charge >= 0.3 is 0 Å². The smallest absolute Gasteiger partial charge is 0.231 e. The molecule has 4 heteroatoms. The van der Waals surface area contributed by atoms with Crippen LogP contribution in [0, 0.1) is 0 Å². The molecular formula is C12H15NO3. The van der Waals surface area contributed by atoms with Crippen molar-refractivity contribution < 1.29 is 14.2 Å². The van der Waals surface area contributed by atoms with Crippen molar-refractivity contribution in [3.63, 3.8) is 0 Å². The average molecular weight is 221 g/mol. The van der Waals surface area contributed by atoms with Crippen LogP contribution in [0.1, 0.15) is 24.4 Å². The van der Waals surface area contributed by atoms with E-state index in [9.17, 15) is 0 Å². The molecule has 1 saturated heterocycles. The van der Waals surface area contributed by atoms with E-state index in [-0.39, 0.29) is 0 Å². The lowest BCUT2D eigenvalue weighted by Gasteiger charge is -2.17. The van der Waals surface area contributed by atoms with Crippen molar-refractivity contribution in [1.82, 2.24) is 5.32 Å². The molecule has 0 radical (unpaired) electrons. The Hall–Kier alpha value is -1.42. The fraction of sp³-hybridized carbons (Fsp3) is 0.500. The van der Waals surface area contributed by atoms with Crippen LogP contribution in [-0.4, -0.2) is 20.4 Å². The summed E-state index contributed by atoms with van der Waals surface area (Å²) in [5, 5.41) is 3.46. The predicted molar refractivity (Wildman–Crippen MR) is 59.1 cm³/mol. The van der Waals surface area contributed by atoms with Crippen LogP contribution in [-0.2, 0) is 0 Å². The molecule has 1 unspecified atom stereocenters. The highest BCUT2D eigenvalue weighted by Gasteiger charge is 2.28. The zero-order chi connectivity index (χ0) is 11.0. The van der Waals surface area contributed by atoms with Crippen LogP contribution in [0.5, 0.6) is 17.2 Å². The summed E-state index contributed by atoms with van der Waals surface area (Å²) in [6.07, 6.45) is 2.31. The molecule has 2 aliphatic rings. The molecule has 1 aromatic rings. The van der Waals surface area contributed by atoms with Crippen molar-refractivity contribution in [2.24, 2.45) is 0 Å². The van der Waals surface area contributed by atoms with Gasteiger partial charge in [0.1, 0.15) is 5.75 Å². The topological polar surface area (TPSA) is 39.7 Å². The molecule has 2 aliphatic heterocycles. The van der Waals surface area contributed by atoms with E-state index in [1.165, 1.54) is 6.42 Å². The molecule has 3 rings (SSSR count). The maximum Gasteiger partial charge on any atom is 0.231 e. The SMILES string of the molecule is COc1ccc2c(c1C1CCCN1)OCO2. The van der Waals surface area contributed by atoms with E-state index in [0.29, 0.717) is 12.8 Å². The van der Waals surface area contributed by atoms with Crippen molar-refractivity contribution in [2.45, 2.75) is 18.9 Å². The molecule has 0 spiro atoms. The zero-order valence-electron chi connectivity index (χ0n) is 9.29. The van der Waals surface area contributed by atoms with E-state index >= 15 is 0 Å². The minimum absolute atomic E-state index is 0.308. The fourth-order valence-electron chi connectivity index (χ4n) is 2.41. The summed E-state index contributed by atoms with van der Waals surface area (Å²) >= 11 is 0. The largest absolute Gasteiger partial charge is 0.496 e. The number of nitrogens with one attached hydrogen (secondary N) is 1. The van der Waals surface area contributed by atoms with Crippen LogP contribution in [0.4, 0.5) is 0 Å². The van der Waals surface area contributed by atoms with Crippen molar-refractivity contribution in [1.29, 1.82) is 0 Å². The van der Waals surface area contributed by atoms with Crippen LogP contribution in [0.2, 0.25) is 0 Å². The minimum Gasteiger partial charge on any atom is -0.496 e. The number of ether oxygens (including phenoxy) is 3. The Morgan fingerprint density at radius 1 is 1.38 bits per heavy atom. The van der Waals surface area contributed by atoms with Gasteiger partial charge in [-0.15, -0.1) is 0 Å². The van der Waals surface area contributed by atoms with Gasteiger partial charge in [0.25, 0.3) is 0 Å². The van der Waals surface area contributed by atoms with Crippen LogP contribution in [0.25, 0.3) is 0 Å². The van der Waals surface area contributed by atoms with E-state index < -0.39 is 0 Å². The molecule has 1 aromatic carbocycles. The van der Waals surface area contributed by atoms with Crippen molar-refractivity contribution in [2.75, 3.05) is 20.4 Å². The number of fused-ring (bicyclic) bond motifs is 1. The van der Waals surface area contributed by atoms with Crippen LogP contribution < -0.4 is 19.5 Å². The van der Waals surface area contributed by atoms with E-state index in [1.54, 1.807) is 7.11 Å². The molecule has 1 N–H and O–H groups in total. The standard InChI is InChI=1S/C12H15NO3/c1-14-9-4-5-10-12(16-7-15-10)11(9)8-3-2-6-13-8/h4-5,8,13H,2-3,6-7H2,1H3. The highest BCUT2D eigenvalue weighted by Crippen LogP contribution is 2.45. The van der Waals surface area contributed by atoms with Crippen LogP contribution in [0.15, 0.2) is 12.1 Å². The minimum atomic E-state index is 0.308. The second-order valence-corrected chi connectivity index (χ2v) is 4.06. The van der Waals surface area contributed by atoms with Gasteiger partial charge in [-0.2, -0.15) is 0 Å². The van der Waals surface area contributed by atoms with Gasteiger partial charge in [0, 0.05) is 6.04 Å². The van der Waals surface area contributed by atoms with Gasteiger partial charge in [-0.25, -0.2) is 0 Å². The number of hydrogen-bond donors (Lipinski definition) is 1. The summed E-state index contributed by atoms with van der Waals surface area (Å²) < 4.78 is 16.3. The molecule has 2 heterocycles. The summed E-state index contributed by atoms with van der Waals surface area (Å²) in [5.74, 6) is 2.55. The second kappa shape index (κ2) is 3.87. The zero-order valence-corrected chi connectivity index (χ0v) is 9.29. The quantitative estimate of drug-likeness (QED) is 0.827. The maximum atomic E-state index is 5.54. The van der Waals surface area contributed by atoms with E-state index in [4.69, 9.17) is 14.2 Å². The first kappa shape index (κ1) is 9.78. The first-order chi connectivity index (χ1) is 7.90. The molecule has 0 bridgehead atoms. The Morgan fingerprint density at radius 2 is 2.31 bits per heavy atom. The van der Waals surface area contributed by atoms with Gasteiger partial charge in [0.15, 0.2) is 11.5 Å². The number of hydrogen-bond acceptors (Lipinski definition) is 4. The highest BCUT2D eigenvalue weighted by atomic mass is 16.7. The molecule has 0 aromatic heterocycles. The van der Waals surface area contributed by atoms with E-state index in [2.05, 4.69) is 5.32 Å². The molecule has 1 fully saturated rings. The highest BCUT2D eigenvalue weighted by molar-refractivity contribution is 5.56. The molecular weight excluding hydrogens is 206 g/mol. The summed E-state index contributed by atoms with van der Waals surface area (Å²) in [5.41, 5.74) is 1.11. The summed E-state index contributed by atoms with van der Waals surface area (Å²) in [6, 6.07) is 4.18. The van der Waals surface area contributed by atoms with Gasteiger partial charge in [-0.3, -0.25) is 0 Å². The third-order valence-corrected chi connectivity index (χ3v) is 3.17. The first-order valence-electron chi connectivity index (χ1n) is 5.60. The van der Waals surface area contributed by atoms with Gasteiger partial charge < -0.3 is 19.5 Å². The molecule has 0 amide bonds. The lowest BCUT2D eigenvalue weighted by atomic mass is 10.0. The van der Waals surface area contributed by atoms with Gasteiger partial charge in [0.05, 0.1) is 12.7 Å². The molecule has 0 aliphatic carbocycles. The molecule has 86 valence electrons. The normalized spacial score (nSPS) is 22.4. The van der Waals surface area contributed by atoms with E-state index in [0.717, 1.165) is 35.8 Å². The Labute approximate surface area is 94.5 Å². The lowest BCUT2D eigenvalue weighted by molar-refractivity contribution is 0.172. The van der Waals surface area contributed by atoms with Crippen molar-refractivity contribution in [3.8, 4) is 17.2 Å². The van der Waals surface area contributed by atoms with Gasteiger partial charge in [-0.1, -0.05) is 0 Å². The second-order valence-electron chi connectivity index (χ2n) is 4.06. The van der Waals surface area contributed by atoms with Crippen LogP contribution >= 0.6 is 0 Å². The summed E-state index contributed by atoms with van der Waals surface area (Å²) in [4.78, 5) is 0. The summed E-state index contributed by atoms with van der Waals surface area (Å²) in [7, 11) is 1.69.